The molecule has 0 amide bonds. The van der Waals surface area contributed by atoms with E-state index in [0.717, 1.165) is 33.2 Å². The standard InChI is InChI=1S/C13H14ClN5S2/c1-3-19-9(10(14)7(2)18-19)6-21-13-16-11(15)8-4-5-20-12(8)17-13/h4-5H,3,6H2,1-2H3,(H2,15,16,17). The Labute approximate surface area is 135 Å². The average Bonchev–Trinajstić information content (AvgIpc) is 3.03. The van der Waals surface area contributed by atoms with E-state index in [4.69, 9.17) is 17.3 Å². The van der Waals surface area contributed by atoms with Crippen LogP contribution >= 0.6 is 34.7 Å². The molecule has 0 aliphatic heterocycles. The summed E-state index contributed by atoms with van der Waals surface area (Å²) in [4.78, 5) is 9.78. The van der Waals surface area contributed by atoms with E-state index in [1.54, 1.807) is 11.3 Å². The number of thiophene rings is 1. The molecule has 3 heterocycles. The molecule has 21 heavy (non-hydrogen) atoms. The molecular weight excluding hydrogens is 326 g/mol. The third-order valence-electron chi connectivity index (χ3n) is 3.12. The fraction of sp³-hybridized carbons (Fsp3) is 0.308. The highest BCUT2D eigenvalue weighted by Gasteiger charge is 2.14. The topological polar surface area (TPSA) is 69.6 Å². The second-order valence-electron chi connectivity index (χ2n) is 4.48. The van der Waals surface area contributed by atoms with Crippen LogP contribution < -0.4 is 5.73 Å². The maximum Gasteiger partial charge on any atom is 0.191 e. The zero-order valence-electron chi connectivity index (χ0n) is 11.6. The fourth-order valence-electron chi connectivity index (χ4n) is 2.06. The Morgan fingerprint density at radius 3 is 3.00 bits per heavy atom. The third kappa shape index (κ3) is 2.73. The van der Waals surface area contributed by atoms with Gasteiger partial charge in [-0.05, 0) is 25.3 Å². The van der Waals surface area contributed by atoms with Crippen molar-refractivity contribution in [3.63, 3.8) is 0 Å². The average molecular weight is 340 g/mol. The van der Waals surface area contributed by atoms with E-state index in [-0.39, 0.29) is 0 Å². The van der Waals surface area contributed by atoms with Crippen molar-refractivity contribution in [3.8, 4) is 0 Å². The summed E-state index contributed by atoms with van der Waals surface area (Å²) in [6, 6.07) is 1.94. The molecule has 2 N–H and O–H groups in total. The summed E-state index contributed by atoms with van der Waals surface area (Å²) in [7, 11) is 0. The first-order valence-electron chi connectivity index (χ1n) is 6.45. The number of rotatable bonds is 4. The van der Waals surface area contributed by atoms with E-state index in [2.05, 4.69) is 15.1 Å². The molecule has 110 valence electrons. The van der Waals surface area contributed by atoms with E-state index in [9.17, 15) is 0 Å². The number of thioether (sulfide) groups is 1. The number of halogens is 1. The summed E-state index contributed by atoms with van der Waals surface area (Å²) in [5.74, 6) is 1.19. The highest BCUT2D eigenvalue weighted by Crippen LogP contribution is 2.30. The largest absolute Gasteiger partial charge is 0.383 e. The SMILES string of the molecule is CCn1nc(C)c(Cl)c1CSc1nc(N)c2ccsc2n1. The predicted octanol–water partition coefficient (Wildman–Crippen LogP) is 3.74. The zero-order valence-corrected chi connectivity index (χ0v) is 14.0. The number of anilines is 1. The van der Waals surface area contributed by atoms with Crippen LogP contribution in [0.1, 0.15) is 18.3 Å². The van der Waals surface area contributed by atoms with Gasteiger partial charge in [0.2, 0.25) is 0 Å². The number of hydrogen-bond acceptors (Lipinski definition) is 6. The Hall–Kier alpha value is -1.31. The molecule has 0 atom stereocenters. The maximum absolute atomic E-state index is 6.31. The molecule has 3 aromatic heterocycles. The molecule has 0 aliphatic rings. The lowest BCUT2D eigenvalue weighted by atomic mass is 10.4. The van der Waals surface area contributed by atoms with Gasteiger partial charge in [0.15, 0.2) is 5.16 Å². The highest BCUT2D eigenvalue weighted by molar-refractivity contribution is 7.98. The van der Waals surface area contributed by atoms with Crippen LogP contribution in [0.25, 0.3) is 10.2 Å². The van der Waals surface area contributed by atoms with Crippen molar-refractivity contribution in [3.05, 3.63) is 27.9 Å². The fourth-order valence-corrected chi connectivity index (χ4v) is 4.05. The molecule has 0 bridgehead atoms. The Bertz CT molecular complexity index is 795. The van der Waals surface area contributed by atoms with Crippen molar-refractivity contribution in [2.45, 2.75) is 31.3 Å². The molecule has 0 aliphatic carbocycles. The summed E-state index contributed by atoms with van der Waals surface area (Å²) >= 11 is 9.39. The van der Waals surface area contributed by atoms with Crippen molar-refractivity contribution >= 4 is 50.7 Å². The molecular formula is C13H14ClN5S2. The lowest BCUT2D eigenvalue weighted by molar-refractivity contribution is 0.632. The number of fused-ring (bicyclic) bond motifs is 1. The summed E-state index contributed by atoms with van der Waals surface area (Å²) < 4.78 is 1.91. The van der Waals surface area contributed by atoms with Crippen LogP contribution in [0.2, 0.25) is 5.02 Å². The van der Waals surface area contributed by atoms with E-state index >= 15 is 0 Å². The first-order valence-corrected chi connectivity index (χ1v) is 8.69. The monoisotopic (exact) mass is 339 g/mol. The molecule has 8 heteroatoms. The minimum atomic E-state index is 0.523. The van der Waals surface area contributed by atoms with Gasteiger partial charge in [0.05, 0.1) is 21.8 Å². The van der Waals surface area contributed by atoms with Gasteiger partial charge in [-0.3, -0.25) is 4.68 Å². The first-order chi connectivity index (χ1) is 10.1. The molecule has 3 aromatic rings. The van der Waals surface area contributed by atoms with Crippen LogP contribution in [-0.2, 0) is 12.3 Å². The zero-order chi connectivity index (χ0) is 15.0. The lowest BCUT2D eigenvalue weighted by Gasteiger charge is -2.05. The van der Waals surface area contributed by atoms with Crippen molar-refractivity contribution in [2.24, 2.45) is 0 Å². The number of hydrogen-bond donors (Lipinski definition) is 1. The number of nitrogens with two attached hydrogens (primary N) is 1. The van der Waals surface area contributed by atoms with E-state index < -0.39 is 0 Å². The van der Waals surface area contributed by atoms with Gasteiger partial charge in [-0.2, -0.15) is 5.10 Å². The van der Waals surface area contributed by atoms with Gasteiger partial charge >= 0.3 is 0 Å². The lowest BCUT2D eigenvalue weighted by Crippen LogP contribution is -2.02. The van der Waals surface area contributed by atoms with Crippen LogP contribution in [0.3, 0.4) is 0 Å². The van der Waals surface area contributed by atoms with Gasteiger partial charge < -0.3 is 5.73 Å². The van der Waals surface area contributed by atoms with Gasteiger partial charge in [-0.15, -0.1) is 11.3 Å². The molecule has 0 spiro atoms. The summed E-state index contributed by atoms with van der Waals surface area (Å²) in [6.45, 7) is 4.74. The highest BCUT2D eigenvalue weighted by atomic mass is 35.5. The number of nitrogen functional groups attached to an aromatic ring is 1. The Balaban J connectivity index is 1.86. The van der Waals surface area contributed by atoms with Crippen LogP contribution in [0.15, 0.2) is 16.6 Å². The Morgan fingerprint density at radius 1 is 1.43 bits per heavy atom. The minimum absolute atomic E-state index is 0.523. The van der Waals surface area contributed by atoms with E-state index in [0.29, 0.717) is 16.7 Å². The van der Waals surface area contributed by atoms with Crippen LogP contribution in [-0.4, -0.2) is 19.7 Å². The van der Waals surface area contributed by atoms with Gasteiger partial charge in [-0.25, -0.2) is 9.97 Å². The summed E-state index contributed by atoms with van der Waals surface area (Å²) in [6.07, 6.45) is 0. The van der Waals surface area contributed by atoms with Gasteiger partial charge in [0.25, 0.3) is 0 Å². The quantitative estimate of drug-likeness (QED) is 0.579. The van der Waals surface area contributed by atoms with Gasteiger partial charge in [0, 0.05) is 12.3 Å². The summed E-state index contributed by atoms with van der Waals surface area (Å²) in [5, 5.41) is 8.67. The summed E-state index contributed by atoms with van der Waals surface area (Å²) in [5.41, 5.74) is 7.80. The van der Waals surface area contributed by atoms with Crippen LogP contribution in [0, 0.1) is 6.92 Å². The molecule has 0 radical (unpaired) electrons. The first kappa shape index (κ1) is 14.6. The predicted molar refractivity (Wildman–Crippen MR) is 89.0 cm³/mol. The van der Waals surface area contributed by atoms with Crippen LogP contribution in [0.4, 0.5) is 5.82 Å². The number of aryl methyl sites for hydroxylation is 2. The molecule has 5 nitrogen and oxygen atoms in total. The molecule has 3 rings (SSSR count). The second kappa shape index (κ2) is 5.82. The molecule has 0 saturated heterocycles. The normalized spacial score (nSPS) is 11.4. The Kier molecular flexibility index (Phi) is 4.05. The van der Waals surface area contributed by atoms with E-state index in [1.165, 1.54) is 11.8 Å². The van der Waals surface area contributed by atoms with Gasteiger partial charge in [0.1, 0.15) is 10.6 Å². The van der Waals surface area contributed by atoms with Crippen molar-refractivity contribution in [2.75, 3.05) is 5.73 Å². The molecule has 0 saturated carbocycles. The number of aromatic nitrogens is 4. The van der Waals surface area contributed by atoms with Gasteiger partial charge in [-0.1, -0.05) is 23.4 Å². The third-order valence-corrected chi connectivity index (χ3v) is 5.28. The number of nitrogens with zero attached hydrogens (tertiary/aromatic N) is 4. The van der Waals surface area contributed by atoms with Crippen molar-refractivity contribution in [1.29, 1.82) is 0 Å². The van der Waals surface area contributed by atoms with Crippen molar-refractivity contribution < 1.29 is 0 Å². The maximum atomic E-state index is 6.31. The van der Waals surface area contributed by atoms with Crippen LogP contribution in [0.5, 0.6) is 0 Å². The molecule has 0 unspecified atom stereocenters. The smallest absolute Gasteiger partial charge is 0.191 e. The Morgan fingerprint density at radius 2 is 2.24 bits per heavy atom. The molecule has 0 fully saturated rings. The second-order valence-corrected chi connectivity index (χ2v) is 6.70. The minimum Gasteiger partial charge on any atom is -0.383 e. The molecule has 0 aromatic carbocycles. The van der Waals surface area contributed by atoms with E-state index in [1.807, 2.05) is 30.0 Å². The van der Waals surface area contributed by atoms with Crippen molar-refractivity contribution in [1.82, 2.24) is 19.7 Å².